The minimum Gasteiger partial charge on any atom is -0.496 e. The standard InChI is InChI=1S/C25H23N3O3/c1-15(26)25(16(2)29)20-12-18-9-11-24(30)28(22(18)13-23(20)31-3)14-19-10-8-17-6-4-5-7-21(17)27-19/h4-13H,14,26H2,1-3H3. The van der Waals surface area contributed by atoms with Crippen LogP contribution in [0, 0.1) is 0 Å². The molecule has 2 heterocycles. The Morgan fingerprint density at radius 2 is 1.77 bits per heavy atom. The Hall–Kier alpha value is -3.93. The van der Waals surface area contributed by atoms with Crippen LogP contribution in [0.4, 0.5) is 0 Å². The van der Waals surface area contributed by atoms with Crippen LogP contribution in [-0.2, 0) is 11.3 Å². The van der Waals surface area contributed by atoms with Gasteiger partial charge < -0.3 is 15.0 Å². The van der Waals surface area contributed by atoms with E-state index >= 15 is 0 Å². The van der Waals surface area contributed by atoms with Crippen molar-refractivity contribution in [2.24, 2.45) is 5.73 Å². The number of fused-ring (bicyclic) bond motifs is 2. The number of ether oxygens (including phenoxy) is 1. The first-order valence-corrected chi connectivity index (χ1v) is 9.93. The van der Waals surface area contributed by atoms with E-state index in [0.29, 0.717) is 34.6 Å². The summed E-state index contributed by atoms with van der Waals surface area (Å²) in [4.78, 5) is 29.6. The molecule has 0 aliphatic heterocycles. The van der Waals surface area contributed by atoms with Crippen LogP contribution < -0.4 is 16.0 Å². The number of Topliss-reactive ketones (excluding diaryl/α,β-unsaturated/α-hetero) is 1. The van der Waals surface area contributed by atoms with Crippen LogP contribution in [0.5, 0.6) is 5.75 Å². The van der Waals surface area contributed by atoms with Gasteiger partial charge in [-0.15, -0.1) is 0 Å². The van der Waals surface area contributed by atoms with Gasteiger partial charge in [0.05, 0.1) is 30.4 Å². The molecule has 0 saturated heterocycles. The van der Waals surface area contributed by atoms with E-state index in [1.807, 2.05) is 42.5 Å². The van der Waals surface area contributed by atoms with Crippen molar-refractivity contribution < 1.29 is 9.53 Å². The van der Waals surface area contributed by atoms with Crippen LogP contribution in [0.1, 0.15) is 25.1 Å². The van der Waals surface area contributed by atoms with Crippen molar-refractivity contribution in [2.45, 2.75) is 20.4 Å². The number of para-hydroxylation sites is 1. The van der Waals surface area contributed by atoms with Gasteiger partial charge in [-0.1, -0.05) is 24.3 Å². The van der Waals surface area contributed by atoms with Gasteiger partial charge in [0.15, 0.2) is 5.78 Å². The van der Waals surface area contributed by atoms with Crippen LogP contribution >= 0.6 is 0 Å². The van der Waals surface area contributed by atoms with Crippen LogP contribution in [0.15, 0.2) is 71.2 Å². The van der Waals surface area contributed by atoms with E-state index in [1.54, 1.807) is 23.6 Å². The molecule has 2 N–H and O–H groups in total. The maximum absolute atomic E-state index is 12.7. The number of aromatic nitrogens is 2. The zero-order valence-electron chi connectivity index (χ0n) is 17.7. The molecule has 0 aliphatic carbocycles. The highest BCUT2D eigenvalue weighted by molar-refractivity contribution is 6.21. The topological polar surface area (TPSA) is 87.2 Å². The molecule has 6 nitrogen and oxygen atoms in total. The van der Waals surface area contributed by atoms with E-state index in [0.717, 1.165) is 22.0 Å². The lowest BCUT2D eigenvalue weighted by Crippen LogP contribution is -2.20. The second kappa shape index (κ2) is 8.07. The average Bonchev–Trinajstić information content (AvgIpc) is 2.75. The minimum atomic E-state index is -0.147. The van der Waals surface area contributed by atoms with E-state index in [9.17, 15) is 9.59 Å². The smallest absolute Gasteiger partial charge is 0.251 e. The summed E-state index contributed by atoms with van der Waals surface area (Å²) in [5.41, 5.74) is 9.62. The molecule has 0 atom stereocenters. The number of hydrogen-bond acceptors (Lipinski definition) is 5. The third-order valence-corrected chi connectivity index (χ3v) is 5.30. The van der Waals surface area contributed by atoms with Crippen molar-refractivity contribution in [1.29, 1.82) is 0 Å². The highest BCUT2D eigenvalue weighted by atomic mass is 16.5. The van der Waals surface area contributed by atoms with Crippen LogP contribution in [0.25, 0.3) is 27.4 Å². The summed E-state index contributed by atoms with van der Waals surface area (Å²) in [5, 5.41) is 1.85. The Morgan fingerprint density at radius 1 is 1.03 bits per heavy atom. The molecule has 4 rings (SSSR count). The van der Waals surface area contributed by atoms with Crippen LogP contribution in [-0.4, -0.2) is 22.4 Å². The Balaban J connectivity index is 1.89. The van der Waals surface area contributed by atoms with Gasteiger partial charge >= 0.3 is 0 Å². The normalized spacial score (nSPS) is 12.1. The van der Waals surface area contributed by atoms with Gasteiger partial charge in [-0.05, 0) is 43.5 Å². The van der Waals surface area contributed by atoms with Crippen molar-refractivity contribution >= 4 is 33.2 Å². The number of carbonyl (C=O) groups excluding carboxylic acids is 1. The van der Waals surface area contributed by atoms with Gasteiger partial charge in [-0.25, -0.2) is 0 Å². The number of ketones is 1. The number of methoxy groups -OCH3 is 1. The number of nitrogens with zero attached hydrogens (tertiary/aromatic N) is 2. The van der Waals surface area contributed by atoms with E-state index in [4.69, 9.17) is 15.5 Å². The highest BCUT2D eigenvalue weighted by Gasteiger charge is 2.18. The second-order valence-electron chi connectivity index (χ2n) is 7.48. The SMILES string of the molecule is COc1cc2c(ccc(=O)n2Cc2ccc3ccccc3n2)cc1C(C(C)=O)=C(C)N. The molecule has 0 radical (unpaired) electrons. The number of hydrogen-bond donors (Lipinski definition) is 1. The fourth-order valence-electron chi connectivity index (χ4n) is 3.89. The number of pyridine rings is 2. The first-order chi connectivity index (χ1) is 14.9. The van der Waals surface area contributed by atoms with Crippen LogP contribution in [0.3, 0.4) is 0 Å². The molecule has 0 amide bonds. The van der Waals surface area contributed by atoms with E-state index in [2.05, 4.69) is 0 Å². The quantitative estimate of drug-likeness (QED) is 0.502. The lowest BCUT2D eigenvalue weighted by Gasteiger charge is -2.16. The number of nitrogens with two attached hydrogens (primary N) is 1. The molecule has 0 unspecified atom stereocenters. The summed E-state index contributed by atoms with van der Waals surface area (Å²) >= 11 is 0. The third-order valence-electron chi connectivity index (χ3n) is 5.30. The molecule has 4 aromatic rings. The zero-order chi connectivity index (χ0) is 22.1. The summed E-state index contributed by atoms with van der Waals surface area (Å²) in [7, 11) is 1.53. The number of rotatable bonds is 5. The Labute approximate surface area is 179 Å². The molecule has 0 bridgehead atoms. The first kappa shape index (κ1) is 20.3. The molecular formula is C25H23N3O3. The minimum absolute atomic E-state index is 0.144. The van der Waals surface area contributed by atoms with E-state index < -0.39 is 0 Å². The molecule has 0 saturated carbocycles. The Morgan fingerprint density at radius 3 is 2.48 bits per heavy atom. The number of allylic oxidation sites excluding steroid dienone is 2. The largest absolute Gasteiger partial charge is 0.496 e. The molecule has 0 fully saturated rings. The summed E-state index contributed by atoms with van der Waals surface area (Å²) in [6.45, 7) is 3.48. The average molecular weight is 413 g/mol. The van der Waals surface area contributed by atoms with Crippen molar-refractivity contribution in [3.05, 3.63) is 88.0 Å². The first-order valence-electron chi connectivity index (χ1n) is 9.93. The molecule has 6 heteroatoms. The van der Waals surface area contributed by atoms with Crippen molar-refractivity contribution in [3.63, 3.8) is 0 Å². The zero-order valence-corrected chi connectivity index (χ0v) is 17.7. The second-order valence-corrected chi connectivity index (χ2v) is 7.48. The van der Waals surface area contributed by atoms with Gasteiger partial charge in [0.25, 0.3) is 5.56 Å². The number of benzene rings is 2. The van der Waals surface area contributed by atoms with Gasteiger partial charge in [0.1, 0.15) is 5.75 Å². The summed E-state index contributed by atoms with van der Waals surface area (Å²) < 4.78 is 7.22. The summed E-state index contributed by atoms with van der Waals surface area (Å²) in [6.07, 6.45) is 0. The van der Waals surface area contributed by atoms with E-state index in [-0.39, 0.29) is 11.3 Å². The molecule has 0 aliphatic rings. The number of carbonyl (C=O) groups is 1. The third kappa shape index (κ3) is 3.80. The van der Waals surface area contributed by atoms with Gasteiger partial charge in [-0.3, -0.25) is 14.6 Å². The van der Waals surface area contributed by atoms with Crippen LogP contribution in [0.2, 0.25) is 0 Å². The lowest BCUT2D eigenvalue weighted by atomic mass is 9.97. The van der Waals surface area contributed by atoms with Crippen molar-refractivity contribution in [3.8, 4) is 5.75 Å². The van der Waals surface area contributed by atoms with Crippen molar-refractivity contribution in [1.82, 2.24) is 9.55 Å². The molecule has 31 heavy (non-hydrogen) atoms. The molecular weight excluding hydrogens is 390 g/mol. The molecule has 156 valence electrons. The maximum atomic E-state index is 12.7. The lowest BCUT2D eigenvalue weighted by molar-refractivity contribution is -0.111. The molecule has 2 aromatic heterocycles. The predicted octanol–water partition coefficient (Wildman–Crippen LogP) is 3.89. The molecule has 0 spiro atoms. The van der Waals surface area contributed by atoms with Gasteiger partial charge in [-0.2, -0.15) is 0 Å². The molecule has 2 aromatic carbocycles. The van der Waals surface area contributed by atoms with Gasteiger partial charge in [0, 0.05) is 34.4 Å². The highest BCUT2D eigenvalue weighted by Crippen LogP contribution is 2.32. The fourth-order valence-corrected chi connectivity index (χ4v) is 3.89. The summed E-state index contributed by atoms with van der Waals surface area (Å²) in [6, 6.07) is 18.7. The monoisotopic (exact) mass is 413 g/mol. The predicted molar refractivity (Wildman–Crippen MR) is 123 cm³/mol. The summed E-state index contributed by atoms with van der Waals surface area (Å²) in [5.74, 6) is 0.333. The Bertz CT molecular complexity index is 1410. The van der Waals surface area contributed by atoms with Gasteiger partial charge in [0.2, 0.25) is 0 Å². The Kier molecular flexibility index (Phi) is 5.29. The van der Waals surface area contributed by atoms with E-state index in [1.165, 1.54) is 20.1 Å². The maximum Gasteiger partial charge on any atom is 0.251 e. The van der Waals surface area contributed by atoms with Crippen molar-refractivity contribution in [2.75, 3.05) is 7.11 Å². The fraction of sp³-hybridized carbons (Fsp3) is 0.160.